The minimum atomic E-state index is -0.573. The van der Waals surface area contributed by atoms with Crippen molar-refractivity contribution < 1.29 is 9.59 Å². The molecule has 0 unspecified atom stereocenters. The van der Waals surface area contributed by atoms with Crippen molar-refractivity contribution in [2.75, 3.05) is 5.32 Å². The topological polar surface area (TPSA) is 71.1 Å². The minimum absolute atomic E-state index is 0.0128. The van der Waals surface area contributed by atoms with Gasteiger partial charge in [-0.3, -0.25) is 9.59 Å². The highest BCUT2D eigenvalue weighted by Gasteiger charge is 2.43. The molecule has 1 aromatic carbocycles. The van der Waals surface area contributed by atoms with E-state index in [2.05, 4.69) is 15.6 Å². The van der Waals surface area contributed by atoms with Crippen LogP contribution in [0.2, 0.25) is 0 Å². The van der Waals surface area contributed by atoms with Crippen LogP contribution in [0.5, 0.6) is 0 Å². The summed E-state index contributed by atoms with van der Waals surface area (Å²) in [6.07, 6.45) is 5.99. The molecule has 2 aromatic rings. The van der Waals surface area contributed by atoms with E-state index in [1.165, 1.54) is 11.3 Å². The Kier molecular flexibility index (Phi) is 4.00. The molecule has 0 saturated heterocycles. The number of carbonyl (C=O) groups excluding carboxylic acids is 2. The molecule has 4 rings (SSSR count). The lowest BCUT2D eigenvalue weighted by molar-refractivity contribution is -0.132. The van der Waals surface area contributed by atoms with E-state index in [1.807, 2.05) is 24.3 Å². The first-order valence-electron chi connectivity index (χ1n) is 8.61. The zero-order chi connectivity index (χ0) is 16.6. The van der Waals surface area contributed by atoms with Gasteiger partial charge in [-0.1, -0.05) is 36.3 Å². The molecule has 2 fully saturated rings. The molecule has 1 heterocycles. The number of para-hydroxylation sites is 1. The molecule has 0 bridgehead atoms. The number of fused-ring (bicyclic) bond motifs is 1. The van der Waals surface area contributed by atoms with Crippen molar-refractivity contribution in [1.82, 2.24) is 10.3 Å². The van der Waals surface area contributed by atoms with Crippen LogP contribution in [-0.4, -0.2) is 22.8 Å². The quantitative estimate of drug-likeness (QED) is 0.873. The Morgan fingerprint density at radius 1 is 1.21 bits per heavy atom. The van der Waals surface area contributed by atoms with E-state index in [1.54, 1.807) is 0 Å². The molecule has 2 saturated carbocycles. The third kappa shape index (κ3) is 3.15. The van der Waals surface area contributed by atoms with E-state index >= 15 is 0 Å². The Labute approximate surface area is 144 Å². The fourth-order valence-electron chi connectivity index (χ4n) is 3.50. The van der Waals surface area contributed by atoms with Crippen LogP contribution in [0, 0.1) is 5.41 Å². The first-order chi connectivity index (χ1) is 11.6. The van der Waals surface area contributed by atoms with E-state index in [-0.39, 0.29) is 11.8 Å². The van der Waals surface area contributed by atoms with Crippen molar-refractivity contribution in [3.05, 3.63) is 24.3 Å². The molecule has 0 atom stereocenters. The Morgan fingerprint density at radius 2 is 1.96 bits per heavy atom. The van der Waals surface area contributed by atoms with Crippen LogP contribution in [0.25, 0.3) is 10.2 Å². The van der Waals surface area contributed by atoms with Gasteiger partial charge in [-0.2, -0.15) is 0 Å². The molecule has 5 nitrogen and oxygen atoms in total. The Hall–Kier alpha value is -1.95. The average molecular weight is 343 g/mol. The molecule has 1 aromatic heterocycles. The summed E-state index contributed by atoms with van der Waals surface area (Å²) in [4.78, 5) is 29.7. The molecule has 0 radical (unpaired) electrons. The predicted octanol–water partition coefficient (Wildman–Crippen LogP) is 3.46. The number of nitrogens with one attached hydrogen (secondary N) is 2. The number of aromatic nitrogens is 1. The monoisotopic (exact) mass is 343 g/mol. The van der Waals surface area contributed by atoms with E-state index in [9.17, 15) is 9.59 Å². The first kappa shape index (κ1) is 15.6. The summed E-state index contributed by atoms with van der Waals surface area (Å²) in [6, 6.07) is 8.18. The number of amides is 2. The summed E-state index contributed by atoms with van der Waals surface area (Å²) in [5.41, 5.74) is 0.321. The fourth-order valence-corrected chi connectivity index (χ4v) is 4.37. The number of benzene rings is 1. The second kappa shape index (κ2) is 6.16. The summed E-state index contributed by atoms with van der Waals surface area (Å²) in [7, 11) is 0. The summed E-state index contributed by atoms with van der Waals surface area (Å²) in [6.45, 7) is 0. The number of thiazole rings is 1. The highest BCUT2D eigenvalue weighted by atomic mass is 32.1. The summed E-state index contributed by atoms with van der Waals surface area (Å²) < 4.78 is 1.06. The highest BCUT2D eigenvalue weighted by molar-refractivity contribution is 7.22. The maximum atomic E-state index is 12.9. The van der Waals surface area contributed by atoms with Gasteiger partial charge in [0.1, 0.15) is 0 Å². The fraction of sp³-hybridized carbons (Fsp3) is 0.500. The van der Waals surface area contributed by atoms with Gasteiger partial charge in [0.2, 0.25) is 11.8 Å². The molecule has 0 aliphatic heterocycles. The van der Waals surface area contributed by atoms with E-state index in [0.717, 1.165) is 48.7 Å². The SMILES string of the molecule is O=C(CC1(C(=O)Nc2nc3ccccc3s2)CCCC1)NC1CC1. The molecule has 2 N–H and O–H groups in total. The zero-order valence-corrected chi connectivity index (χ0v) is 14.3. The largest absolute Gasteiger partial charge is 0.353 e. The minimum Gasteiger partial charge on any atom is -0.353 e. The number of nitrogens with zero attached hydrogens (tertiary/aromatic N) is 1. The number of hydrogen-bond donors (Lipinski definition) is 2. The van der Waals surface area contributed by atoms with Crippen LogP contribution in [0.3, 0.4) is 0 Å². The third-order valence-electron chi connectivity index (χ3n) is 5.00. The van der Waals surface area contributed by atoms with Crippen LogP contribution in [0.4, 0.5) is 5.13 Å². The van der Waals surface area contributed by atoms with Crippen molar-refractivity contribution in [2.45, 2.75) is 51.0 Å². The highest BCUT2D eigenvalue weighted by Crippen LogP contribution is 2.42. The zero-order valence-electron chi connectivity index (χ0n) is 13.5. The third-order valence-corrected chi connectivity index (χ3v) is 5.95. The van der Waals surface area contributed by atoms with Crippen LogP contribution < -0.4 is 10.6 Å². The van der Waals surface area contributed by atoms with Gasteiger partial charge in [0.05, 0.1) is 15.6 Å². The molecule has 2 aliphatic carbocycles. The Morgan fingerprint density at radius 3 is 2.67 bits per heavy atom. The number of anilines is 1. The summed E-state index contributed by atoms with van der Waals surface area (Å²) in [5.74, 6) is -0.0381. The molecule has 2 aliphatic rings. The summed E-state index contributed by atoms with van der Waals surface area (Å²) in [5, 5.41) is 6.61. The van der Waals surface area contributed by atoms with Gasteiger partial charge in [-0.15, -0.1) is 0 Å². The van der Waals surface area contributed by atoms with Gasteiger partial charge >= 0.3 is 0 Å². The standard InChI is InChI=1S/C18H21N3O2S/c22-15(19-12-7-8-12)11-18(9-3-4-10-18)16(23)21-17-20-13-5-1-2-6-14(13)24-17/h1-2,5-6,12H,3-4,7-11H2,(H,19,22)(H,20,21,23). The molecule has 126 valence electrons. The van der Waals surface area contributed by atoms with Gasteiger partial charge in [0, 0.05) is 12.5 Å². The molecule has 2 amide bonds. The lowest BCUT2D eigenvalue weighted by Gasteiger charge is -2.26. The first-order valence-corrected chi connectivity index (χ1v) is 9.43. The second-order valence-corrected chi connectivity index (χ2v) is 7.98. The van der Waals surface area contributed by atoms with Crippen molar-refractivity contribution >= 4 is 38.5 Å². The van der Waals surface area contributed by atoms with Gasteiger partial charge in [0.25, 0.3) is 0 Å². The normalized spacial score (nSPS) is 19.3. The van der Waals surface area contributed by atoms with Crippen molar-refractivity contribution in [3.63, 3.8) is 0 Å². The maximum Gasteiger partial charge on any atom is 0.232 e. The lowest BCUT2D eigenvalue weighted by atomic mass is 9.81. The smallest absolute Gasteiger partial charge is 0.232 e. The van der Waals surface area contributed by atoms with Crippen LogP contribution in [0.1, 0.15) is 44.9 Å². The van der Waals surface area contributed by atoms with Crippen molar-refractivity contribution in [3.8, 4) is 0 Å². The average Bonchev–Trinajstić information content (AvgIpc) is 3.09. The number of carbonyl (C=O) groups is 2. The van der Waals surface area contributed by atoms with Crippen molar-refractivity contribution in [1.29, 1.82) is 0 Å². The molecule has 6 heteroatoms. The van der Waals surface area contributed by atoms with Gasteiger partial charge in [0.15, 0.2) is 5.13 Å². The van der Waals surface area contributed by atoms with Crippen LogP contribution >= 0.6 is 11.3 Å². The maximum absolute atomic E-state index is 12.9. The number of hydrogen-bond acceptors (Lipinski definition) is 4. The molecular formula is C18H21N3O2S. The Bertz CT molecular complexity index is 742. The van der Waals surface area contributed by atoms with E-state index in [0.29, 0.717) is 17.6 Å². The van der Waals surface area contributed by atoms with E-state index in [4.69, 9.17) is 0 Å². The summed E-state index contributed by atoms with van der Waals surface area (Å²) >= 11 is 1.48. The molecular weight excluding hydrogens is 322 g/mol. The van der Waals surface area contributed by atoms with E-state index < -0.39 is 5.41 Å². The van der Waals surface area contributed by atoms with Crippen LogP contribution in [-0.2, 0) is 9.59 Å². The van der Waals surface area contributed by atoms with Gasteiger partial charge in [-0.05, 0) is 37.8 Å². The molecule has 24 heavy (non-hydrogen) atoms. The lowest BCUT2D eigenvalue weighted by Crippen LogP contribution is -2.39. The Balaban J connectivity index is 1.49. The molecule has 0 spiro atoms. The van der Waals surface area contributed by atoms with Gasteiger partial charge in [-0.25, -0.2) is 4.98 Å². The van der Waals surface area contributed by atoms with Crippen LogP contribution in [0.15, 0.2) is 24.3 Å². The van der Waals surface area contributed by atoms with Gasteiger partial charge < -0.3 is 10.6 Å². The number of rotatable bonds is 5. The predicted molar refractivity (Wildman–Crippen MR) is 94.9 cm³/mol. The second-order valence-electron chi connectivity index (χ2n) is 6.95. The van der Waals surface area contributed by atoms with Crippen molar-refractivity contribution in [2.24, 2.45) is 5.41 Å².